The SMILES string of the molecule is O=C(COc1ccc(S(=O)(=O)N2CCc3ccccc3C2)cc1Cl)N1CCN(c2cccc(Cl)c2)CC1. The Morgan fingerprint density at radius 1 is 0.865 bits per heavy atom. The van der Waals surface area contributed by atoms with Gasteiger partial charge in [0.2, 0.25) is 10.0 Å². The summed E-state index contributed by atoms with van der Waals surface area (Å²) in [6.07, 6.45) is 0.666. The molecule has 2 aliphatic rings. The number of halogens is 2. The first-order chi connectivity index (χ1) is 17.8. The number of nitrogens with zero attached hydrogens (tertiary/aromatic N) is 3. The number of anilines is 1. The van der Waals surface area contributed by atoms with Crippen LogP contribution < -0.4 is 9.64 Å². The Bertz CT molecular complexity index is 1410. The molecule has 1 amide bonds. The molecule has 0 unspecified atom stereocenters. The van der Waals surface area contributed by atoms with E-state index in [-0.39, 0.29) is 28.2 Å². The predicted molar refractivity (Wildman–Crippen MR) is 145 cm³/mol. The monoisotopic (exact) mass is 559 g/mol. The zero-order valence-corrected chi connectivity index (χ0v) is 22.5. The summed E-state index contributed by atoms with van der Waals surface area (Å²) in [7, 11) is -3.72. The average molecular weight is 561 g/mol. The maximum Gasteiger partial charge on any atom is 0.260 e. The van der Waals surface area contributed by atoms with Crippen molar-refractivity contribution in [2.24, 2.45) is 0 Å². The summed E-state index contributed by atoms with van der Waals surface area (Å²) in [6, 6.07) is 19.9. The first-order valence-corrected chi connectivity index (χ1v) is 14.3. The number of hydrogen-bond acceptors (Lipinski definition) is 5. The van der Waals surface area contributed by atoms with E-state index in [1.54, 1.807) is 4.90 Å². The summed E-state index contributed by atoms with van der Waals surface area (Å²) in [5, 5.41) is 0.832. The molecule has 194 valence electrons. The highest BCUT2D eigenvalue weighted by atomic mass is 35.5. The number of rotatable bonds is 6. The lowest BCUT2D eigenvalue weighted by Gasteiger charge is -2.36. The van der Waals surface area contributed by atoms with Gasteiger partial charge in [-0.2, -0.15) is 4.31 Å². The van der Waals surface area contributed by atoms with Crippen molar-refractivity contribution in [3.63, 3.8) is 0 Å². The number of sulfonamides is 1. The third-order valence-corrected chi connectivity index (χ3v) is 9.17. The highest BCUT2D eigenvalue weighted by molar-refractivity contribution is 7.89. The smallest absolute Gasteiger partial charge is 0.260 e. The second kappa shape index (κ2) is 10.9. The largest absolute Gasteiger partial charge is 0.482 e. The Kier molecular flexibility index (Phi) is 7.62. The van der Waals surface area contributed by atoms with Gasteiger partial charge in [-0.15, -0.1) is 0 Å². The zero-order chi connectivity index (χ0) is 26.0. The summed E-state index contributed by atoms with van der Waals surface area (Å²) in [4.78, 5) is 16.8. The van der Waals surface area contributed by atoms with Crippen molar-refractivity contribution in [1.29, 1.82) is 0 Å². The number of piperazine rings is 1. The van der Waals surface area contributed by atoms with Gasteiger partial charge in [0.1, 0.15) is 5.75 Å². The van der Waals surface area contributed by atoms with Gasteiger partial charge in [-0.25, -0.2) is 8.42 Å². The molecule has 1 fully saturated rings. The van der Waals surface area contributed by atoms with Crippen molar-refractivity contribution in [3.05, 3.63) is 87.9 Å². The van der Waals surface area contributed by atoms with Gasteiger partial charge in [-0.05, 0) is 53.9 Å². The zero-order valence-electron chi connectivity index (χ0n) is 20.1. The van der Waals surface area contributed by atoms with E-state index in [1.165, 1.54) is 28.1 Å². The fourth-order valence-electron chi connectivity index (χ4n) is 4.70. The van der Waals surface area contributed by atoms with Crippen LogP contribution in [0.5, 0.6) is 5.75 Å². The summed E-state index contributed by atoms with van der Waals surface area (Å²) in [6.45, 7) is 3.09. The average Bonchev–Trinajstić information content (AvgIpc) is 2.92. The van der Waals surface area contributed by atoms with Crippen LogP contribution in [-0.2, 0) is 27.8 Å². The van der Waals surface area contributed by atoms with Crippen molar-refractivity contribution in [3.8, 4) is 5.75 Å². The molecule has 0 atom stereocenters. The first-order valence-electron chi connectivity index (χ1n) is 12.1. The quantitative estimate of drug-likeness (QED) is 0.445. The molecule has 0 N–H and O–H groups in total. The van der Waals surface area contributed by atoms with Gasteiger partial charge in [-0.3, -0.25) is 4.79 Å². The molecule has 2 aliphatic heterocycles. The molecule has 1 saturated heterocycles. The van der Waals surface area contributed by atoms with E-state index in [9.17, 15) is 13.2 Å². The standard InChI is InChI=1S/C27H27Cl2N3O4S/c28-22-6-3-7-23(16-22)30-12-14-31(15-13-30)27(33)19-36-26-9-8-24(17-25(26)29)37(34,35)32-11-10-20-4-1-2-5-21(20)18-32/h1-9,16-17H,10-15,18-19H2. The van der Waals surface area contributed by atoms with Crippen LogP contribution in [0.25, 0.3) is 0 Å². The lowest BCUT2D eigenvalue weighted by Crippen LogP contribution is -2.50. The van der Waals surface area contributed by atoms with Gasteiger partial charge >= 0.3 is 0 Å². The highest BCUT2D eigenvalue weighted by Crippen LogP contribution is 2.31. The summed E-state index contributed by atoms with van der Waals surface area (Å²) in [5.41, 5.74) is 3.22. The van der Waals surface area contributed by atoms with Crippen molar-refractivity contribution in [1.82, 2.24) is 9.21 Å². The number of fused-ring (bicyclic) bond motifs is 1. The van der Waals surface area contributed by atoms with Gasteiger partial charge in [-0.1, -0.05) is 53.5 Å². The molecule has 0 bridgehead atoms. The van der Waals surface area contributed by atoms with E-state index in [0.29, 0.717) is 50.7 Å². The maximum absolute atomic E-state index is 13.2. The van der Waals surface area contributed by atoms with Crippen LogP contribution in [-0.4, -0.2) is 62.9 Å². The second-order valence-corrected chi connectivity index (χ2v) is 11.9. The molecule has 3 aromatic carbocycles. The third-order valence-electron chi connectivity index (χ3n) is 6.79. The number of hydrogen-bond donors (Lipinski definition) is 0. The van der Waals surface area contributed by atoms with Crippen LogP contribution >= 0.6 is 23.2 Å². The molecule has 37 heavy (non-hydrogen) atoms. The summed E-state index contributed by atoms with van der Waals surface area (Å²) < 4.78 is 33.6. The summed E-state index contributed by atoms with van der Waals surface area (Å²) in [5.74, 6) is 0.126. The Morgan fingerprint density at radius 2 is 1.62 bits per heavy atom. The predicted octanol–water partition coefficient (Wildman–Crippen LogP) is 4.47. The normalized spacial score (nSPS) is 16.4. The minimum Gasteiger partial charge on any atom is -0.482 e. The van der Waals surface area contributed by atoms with Gasteiger partial charge in [0, 0.05) is 50.0 Å². The number of carbonyl (C=O) groups is 1. The Morgan fingerprint density at radius 3 is 2.35 bits per heavy atom. The molecule has 0 aromatic heterocycles. The van der Waals surface area contributed by atoms with Crippen LogP contribution in [0.2, 0.25) is 10.0 Å². The van der Waals surface area contributed by atoms with Crippen molar-refractivity contribution in [2.75, 3.05) is 44.2 Å². The lowest BCUT2D eigenvalue weighted by molar-refractivity contribution is -0.133. The fourth-order valence-corrected chi connectivity index (χ4v) is 6.63. The van der Waals surface area contributed by atoms with Crippen LogP contribution in [0, 0.1) is 0 Å². The second-order valence-electron chi connectivity index (χ2n) is 9.09. The molecule has 10 heteroatoms. The van der Waals surface area contributed by atoms with Crippen LogP contribution in [0.4, 0.5) is 5.69 Å². The van der Waals surface area contributed by atoms with E-state index >= 15 is 0 Å². The van der Waals surface area contributed by atoms with E-state index in [1.807, 2.05) is 48.5 Å². The van der Waals surface area contributed by atoms with E-state index in [0.717, 1.165) is 11.3 Å². The Labute approximate surface area is 227 Å². The molecule has 0 radical (unpaired) electrons. The van der Waals surface area contributed by atoms with E-state index in [2.05, 4.69) is 4.90 Å². The van der Waals surface area contributed by atoms with Gasteiger partial charge < -0.3 is 14.5 Å². The highest BCUT2D eigenvalue weighted by Gasteiger charge is 2.29. The van der Waals surface area contributed by atoms with Crippen LogP contribution in [0.15, 0.2) is 71.6 Å². The number of carbonyl (C=O) groups excluding carboxylic acids is 1. The van der Waals surface area contributed by atoms with E-state index < -0.39 is 10.0 Å². The van der Waals surface area contributed by atoms with Gasteiger partial charge in [0.15, 0.2) is 6.61 Å². The molecule has 0 saturated carbocycles. The molecule has 3 aromatic rings. The van der Waals surface area contributed by atoms with Crippen LogP contribution in [0.3, 0.4) is 0 Å². The topological polar surface area (TPSA) is 70.2 Å². The number of ether oxygens (including phenoxy) is 1. The van der Waals surface area contributed by atoms with Crippen LogP contribution in [0.1, 0.15) is 11.1 Å². The molecule has 0 aliphatic carbocycles. The summed E-state index contributed by atoms with van der Waals surface area (Å²) >= 11 is 12.5. The maximum atomic E-state index is 13.2. The molecule has 5 rings (SSSR count). The molecular weight excluding hydrogens is 533 g/mol. The van der Waals surface area contributed by atoms with Crippen molar-refractivity contribution in [2.45, 2.75) is 17.9 Å². The minimum atomic E-state index is -3.72. The molecule has 0 spiro atoms. The Hall–Kier alpha value is -2.78. The minimum absolute atomic E-state index is 0.104. The lowest BCUT2D eigenvalue weighted by atomic mass is 10.0. The molecular formula is C27H27Cl2N3O4S. The van der Waals surface area contributed by atoms with Crippen molar-refractivity contribution >= 4 is 44.8 Å². The third kappa shape index (κ3) is 5.72. The number of benzene rings is 3. The molecule has 2 heterocycles. The Balaban J connectivity index is 1.17. The van der Waals surface area contributed by atoms with Crippen molar-refractivity contribution < 1.29 is 17.9 Å². The van der Waals surface area contributed by atoms with Gasteiger partial charge in [0.05, 0.1) is 9.92 Å². The number of amides is 1. The van der Waals surface area contributed by atoms with Gasteiger partial charge in [0.25, 0.3) is 5.91 Å². The fraction of sp³-hybridized carbons (Fsp3) is 0.296. The van der Waals surface area contributed by atoms with E-state index in [4.69, 9.17) is 27.9 Å². The first kappa shape index (κ1) is 25.9. The molecule has 7 nitrogen and oxygen atoms in total.